The summed E-state index contributed by atoms with van der Waals surface area (Å²) in [4.78, 5) is 12.4. The van der Waals surface area contributed by atoms with Crippen LogP contribution in [0.15, 0.2) is 29.8 Å². The van der Waals surface area contributed by atoms with E-state index in [1.165, 1.54) is 6.42 Å². The zero-order valence-corrected chi connectivity index (χ0v) is 14.5. The molecule has 0 heterocycles. The molecule has 4 heteroatoms. The normalized spacial score (nSPS) is 21.0. The second kappa shape index (κ2) is 9.12. The Morgan fingerprint density at radius 1 is 1.33 bits per heavy atom. The first-order valence-corrected chi connectivity index (χ1v) is 8.79. The highest BCUT2D eigenvalue weighted by molar-refractivity contribution is 6.01. The van der Waals surface area contributed by atoms with Gasteiger partial charge in [-0.15, -0.1) is 0 Å². The maximum atomic E-state index is 12.4. The van der Waals surface area contributed by atoms with Crippen LogP contribution in [0.25, 0.3) is 6.08 Å². The predicted octanol–water partition coefficient (Wildman–Crippen LogP) is 4.08. The Labute approximate surface area is 144 Å². The van der Waals surface area contributed by atoms with Crippen molar-refractivity contribution in [3.8, 4) is 11.8 Å². The maximum Gasteiger partial charge on any atom is 0.262 e. The van der Waals surface area contributed by atoms with Gasteiger partial charge in [0.15, 0.2) is 0 Å². The summed E-state index contributed by atoms with van der Waals surface area (Å²) in [6.45, 7) is 4.90. The van der Waals surface area contributed by atoms with Crippen LogP contribution in [0.4, 0.5) is 0 Å². The first kappa shape index (κ1) is 18.1. The summed E-state index contributed by atoms with van der Waals surface area (Å²) < 4.78 is 5.54. The van der Waals surface area contributed by atoms with Gasteiger partial charge in [-0.2, -0.15) is 5.26 Å². The van der Waals surface area contributed by atoms with Crippen LogP contribution < -0.4 is 10.1 Å². The number of nitrogens with zero attached hydrogens (tertiary/aromatic N) is 1. The smallest absolute Gasteiger partial charge is 0.262 e. The van der Waals surface area contributed by atoms with Crippen LogP contribution in [0.3, 0.4) is 0 Å². The number of benzene rings is 1. The molecule has 2 atom stereocenters. The lowest BCUT2D eigenvalue weighted by Crippen LogP contribution is -2.41. The fourth-order valence-electron chi connectivity index (χ4n) is 2.97. The second-order valence-corrected chi connectivity index (χ2v) is 6.43. The summed E-state index contributed by atoms with van der Waals surface area (Å²) >= 11 is 0. The zero-order valence-electron chi connectivity index (χ0n) is 14.5. The van der Waals surface area contributed by atoms with Gasteiger partial charge in [-0.1, -0.05) is 38.8 Å². The summed E-state index contributed by atoms with van der Waals surface area (Å²) in [5, 5.41) is 12.3. The monoisotopic (exact) mass is 326 g/mol. The fraction of sp³-hybridized carbons (Fsp3) is 0.500. The van der Waals surface area contributed by atoms with E-state index in [-0.39, 0.29) is 17.5 Å². The molecule has 4 nitrogen and oxygen atoms in total. The van der Waals surface area contributed by atoms with Crippen LogP contribution >= 0.6 is 0 Å². The molecular formula is C20H26N2O2. The van der Waals surface area contributed by atoms with E-state index in [9.17, 15) is 10.1 Å². The first-order chi connectivity index (χ1) is 11.6. The molecular weight excluding hydrogens is 300 g/mol. The topological polar surface area (TPSA) is 62.1 Å². The Kier molecular flexibility index (Phi) is 6.87. The summed E-state index contributed by atoms with van der Waals surface area (Å²) in [6.07, 6.45) is 7.08. The molecule has 1 N–H and O–H groups in total. The Bertz CT molecular complexity index is 614. The number of carbonyl (C=O) groups excluding carboxylic acids is 1. The van der Waals surface area contributed by atoms with Crippen LogP contribution in [0.5, 0.6) is 5.75 Å². The van der Waals surface area contributed by atoms with Gasteiger partial charge in [-0.05, 0) is 49.0 Å². The van der Waals surface area contributed by atoms with Crippen LogP contribution in [0.1, 0.15) is 51.5 Å². The molecule has 0 aromatic heterocycles. The molecule has 24 heavy (non-hydrogen) atoms. The van der Waals surface area contributed by atoms with E-state index in [1.807, 2.05) is 30.3 Å². The van der Waals surface area contributed by atoms with E-state index in [0.29, 0.717) is 12.5 Å². The van der Waals surface area contributed by atoms with Crippen molar-refractivity contribution in [2.45, 2.75) is 52.0 Å². The molecule has 0 aliphatic heterocycles. The van der Waals surface area contributed by atoms with Crippen molar-refractivity contribution in [2.24, 2.45) is 5.92 Å². The molecule has 0 saturated heterocycles. The Morgan fingerprint density at radius 3 is 2.67 bits per heavy atom. The van der Waals surface area contributed by atoms with Crippen LogP contribution in [0.2, 0.25) is 0 Å². The molecule has 1 aromatic rings. The van der Waals surface area contributed by atoms with Gasteiger partial charge in [-0.25, -0.2) is 0 Å². The van der Waals surface area contributed by atoms with E-state index in [1.54, 1.807) is 6.08 Å². The third kappa shape index (κ3) is 5.13. The Balaban J connectivity index is 2.02. The van der Waals surface area contributed by atoms with Gasteiger partial charge in [0.05, 0.1) is 6.61 Å². The lowest BCUT2D eigenvalue weighted by atomic mass is 9.86. The van der Waals surface area contributed by atoms with Gasteiger partial charge >= 0.3 is 0 Å². The number of nitriles is 1. The minimum Gasteiger partial charge on any atom is -0.494 e. The lowest BCUT2D eigenvalue weighted by Gasteiger charge is -2.29. The van der Waals surface area contributed by atoms with Crippen molar-refractivity contribution in [3.05, 3.63) is 35.4 Å². The van der Waals surface area contributed by atoms with E-state index in [0.717, 1.165) is 37.0 Å². The molecule has 1 fully saturated rings. The van der Waals surface area contributed by atoms with Crippen molar-refractivity contribution < 1.29 is 9.53 Å². The van der Waals surface area contributed by atoms with Crippen molar-refractivity contribution in [1.29, 1.82) is 5.26 Å². The Morgan fingerprint density at radius 2 is 2.04 bits per heavy atom. The number of ether oxygens (including phenoxy) is 1. The summed E-state index contributed by atoms with van der Waals surface area (Å²) in [5.41, 5.74) is 0.970. The van der Waals surface area contributed by atoms with Gasteiger partial charge in [0.25, 0.3) is 5.91 Å². The molecule has 0 bridgehead atoms. The third-order valence-electron chi connectivity index (χ3n) is 4.46. The average molecular weight is 326 g/mol. The second-order valence-electron chi connectivity index (χ2n) is 6.43. The standard InChI is InChI=1S/C20H26N2O2/c1-3-12-24-18-10-8-16(9-11-18)13-17(14-21)20(23)22-19-7-5-4-6-15(19)2/h8-11,13,15,19H,3-7,12H2,1-2H3,(H,22,23)/b17-13+/t15-,19-/m0/s1. The molecule has 1 aromatic carbocycles. The van der Waals surface area contributed by atoms with Crippen molar-refractivity contribution >= 4 is 12.0 Å². The Hall–Kier alpha value is -2.28. The zero-order chi connectivity index (χ0) is 17.4. The van der Waals surface area contributed by atoms with E-state index in [4.69, 9.17) is 4.74 Å². The highest BCUT2D eigenvalue weighted by atomic mass is 16.5. The summed E-state index contributed by atoms with van der Waals surface area (Å²) in [6, 6.07) is 9.63. The molecule has 1 saturated carbocycles. The van der Waals surface area contributed by atoms with Crippen molar-refractivity contribution in [1.82, 2.24) is 5.32 Å². The number of hydrogen-bond acceptors (Lipinski definition) is 3. The number of rotatable bonds is 6. The maximum absolute atomic E-state index is 12.4. The molecule has 1 aliphatic rings. The van der Waals surface area contributed by atoms with E-state index in [2.05, 4.69) is 19.2 Å². The number of amides is 1. The molecule has 0 unspecified atom stereocenters. The van der Waals surface area contributed by atoms with E-state index < -0.39 is 0 Å². The number of hydrogen-bond donors (Lipinski definition) is 1. The quantitative estimate of drug-likeness (QED) is 0.633. The summed E-state index contributed by atoms with van der Waals surface area (Å²) in [7, 11) is 0. The van der Waals surface area contributed by atoms with Crippen LogP contribution in [-0.4, -0.2) is 18.6 Å². The SMILES string of the molecule is CCCOc1ccc(/C=C(\C#N)C(=O)N[C@H]2CCCC[C@@H]2C)cc1. The predicted molar refractivity (Wildman–Crippen MR) is 95.4 cm³/mol. The number of nitrogens with one attached hydrogen (secondary N) is 1. The molecule has 1 aliphatic carbocycles. The third-order valence-corrected chi connectivity index (χ3v) is 4.46. The minimum absolute atomic E-state index is 0.148. The van der Waals surface area contributed by atoms with Crippen LogP contribution in [-0.2, 0) is 4.79 Å². The highest BCUT2D eigenvalue weighted by Crippen LogP contribution is 2.24. The highest BCUT2D eigenvalue weighted by Gasteiger charge is 2.23. The molecule has 1 amide bonds. The molecule has 128 valence electrons. The molecule has 0 spiro atoms. The number of carbonyl (C=O) groups is 1. The lowest BCUT2D eigenvalue weighted by molar-refractivity contribution is -0.118. The largest absolute Gasteiger partial charge is 0.494 e. The average Bonchev–Trinajstić information content (AvgIpc) is 2.60. The van der Waals surface area contributed by atoms with Gasteiger partial charge in [-0.3, -0.25) is 4.79 Å². The van der Waals surface area contributed by atoms with Gasteiger partial charge in [0.1, 0.15) is 17.4 Å². The van der Waals surface area contributed by atoms with Crippen LogP contribution in [0, 0.1) is 17.2 Å². The summed E-state index contributed by atoms with van der Waals surface area (Å²) in [5.74, 6) is 0.994. The molecule has 0 radical (unpaired) electrons. The first-order valence-electron chi connectivity index (χ1n) is 8.79. The van der Waals surface area contributed by atoms with Crippen molar-refractivity contribution in [2.75, 3.05) is 6.61 Å². The molecule has 2 rings (SSSR count). The minimum atomic E-state index is -0.275. The van der Waals surface area contributed by atoms with E-state index >= 15 is 0 Å². The van der Waals surface area contributed by atoms with Gasteiger partial charge < -0.3 is 10.1 Å². The fourth-order valence-corrected chi connectivity index (χ4v) is 2.97. The van der Waals surface area contributed by atoms with Gasteiger partial charge in [0.2, 0.25) is 0 Å². The van der Waals surface area contributed by atoms with Gasteiger partial charge in [0, 0.05) is 6.04 Å². The van der Waals surface area contributed by atoms with Crippen molar-refractivity contribution in [3.63, 3.8) is 0 Å².